The van der Waals surface area contributed by atoms with Crippen LogP contribution in [-0.4, -0.2) is 16.4 Å². The molecule has 0 aromatic rings. The summed E-state index contributed by atoms with van der Waals surface area (Å²) >= 11 is -1.08. The predicted molar refractivity (Wildman–Crippen MR) is 21.9 cm³/mol. The van der Waals surface area contributed by atoms with Gasteiger partial charge in [-0.05, 0) is 0 Å². The first-order valence-corrected chi connectivity index (χ1v) is 1.75. The SMILES string of the molecule is O=C(O)O.O=[SH-]=O.[H-].[K+]. The van der Waals surface area contributed by atoms with Crippen LogP contribution in [0.25, 0.3) is 0 Å². The molecule has 0 saturated heterocycles. The maximum absolute atomic E-state index is 8.56. The van der Waals surface area contributed by atoms with Gasteiger partial charge in [-0.15, -0.1) is 0 Å². The van der Waals surface area contributed by atoms with Crippen molar-refractivity contribution < 1.29 is 76.2 Å². The molecule has 0 fully saturated rings. The molecule has 0 saturated carbocycles. The van der Waals surface area contributed by atoms with Crippen LogP contribution in [0.2, 0.25) is 0 Å². The first kappa shape index (κ1) is 15.9. The molecule has 7 heteroatoms. The van der Waals surface area contributed by atoms with Crippen molar-refractivity contribution in [3.8, 4) is 0 Å². The molecule has 0 aliphatic rings. The van der Waals surface area contributed by atoms with E-state index in [2.05, 4.69) is 0 Å². The largest absolute Gasteiger partial charge is 1.00 e. The molecular weight excluding hydrogens is 163 g/mol. The van der Waals surface area contributed by atoms with Gasteiger partial charge >= 0.3 is 57.5 Å². The molecule has 2 N–H and O–H groups in total. The first-order chi connectivity index (χ1) is 3.15. The average Bonchev–Trinajstić information content (AvgIpc) is 1.33. The van der Waals surface area contributed by atoms with Gasteiger partial charge in [0.05, 0.1) is 0 Å². The van der Waals surface area contributed by atoms with Crippen molar-refractivity contribution >= 4 is 17.7 Å². The van der Waals surface area contributed by atoms with Crippen molar-refractivity contribution in [3.05, 3.63) is 0 Å². The molecule has 0 bridgehead atoms. The Morgan fingerprint density at radius 3 is 1.38 bits per heavy atom. The minimum atomic E-state index is -1.83. The van der Waals surface area contributed by atoms with Crippen molar-refractivity contribution in [1.29, 1.82) is 0 Å². The fraction of sp³-hybridized carbons (Fsp3) is 0. The second-order valence-corrected chi connectivity index (χ2v) is 0.506. The number of hydrogen-bond acceptors (Lipinski definition) is 4. The fourth-order valence-corrected chi connectivity index (χ4v) is 0. The van der Waals surface area contributed by atoms with Crippen LogP contribution in [0.3, 0.4) is 0 Å². The van der Waals surface area contributed by atoms with Crippen LogP contribution in [-0.2, 0) is 20.0 Å². The summed E-state index contributed by atoms with van der Waals surface area (Å²) in [7, 11) is 0. The average molecular weight is 167 g/mol. The maximum Gasteiger partial charge on any atom is 1.00 e. The van der Waals surface area contributed by atoms with E-state index < -0.39 is 17.7 Å². The number of thiol groups is 1. The van der Waals surface area contributed by atoms with E-state index in [-0.39, 0.29) is 52.8 Å². The smallest absolute Gasteiger partial charge is 1.00 e. The van der Waals surface area contributed by atoms with Gasteiger partial charge in [0.25, 0.3) is 0 Å². The summed E-state index contributed by atoms with van der Waals surface area (Å²) < 4.78 is 16.7. The molecule has 0 heterocycles. The third-order valence-electron chi connectivity index (χ3n) is 0. The Morgan fingerprint density at radius 1 is 1.38 bits per heavy atom. The molecule has 0 aliphatic carbocycles. The molecule has 0 aromatic heterocycles. The number of hydrogen-bond donors (Lipinski definition) is 2. The Labute approximate surface area is 92.6 Å². The van der Waals surface area contributed by atoms with Crippen LogP contribution < -0.4 is 51.4 Å². The zero-order chi connectivity index (χ0) is 6.28. The van der Waals surface area contributed by atoms with Crippen molar-refractivity contribution in [2.75, 3.05) is 0 Å². The number of carbonyl (C=O) groups is 1. The van der Waals surface area contributed by atoms with Crippen LogP contribution in [0.4, 0.5) is 4.79 Å². The fourth-order valence-electron chi connectivity index (χ4n) is 0. The van der Waals surface area contributed by atoms with Crippen LogP contribution in [0.5, 0.6) is 0 Å². The third-order valence-corrected chi connectivity index (χ3v) is 0. The van der Waals surface area contributed by atoms with Crippen LogP contribution >= 0.6 is 0 Å². The molecule has 0 amide bonds. The molecule has 0 aliphatic heterocycles. The molecular formula is CH4KO5S-. The van der Waals surface area contributed by atoms with Crippen LogP contribution in [0.1, 0.15) is 1.43 Å². The summed E-state index contributed by atoms with van der Waals surface area (Å²) in [6.45, 7) is 0. The van der Waals surface area contributed by atoms with E-state index in [9.17, 15) is 0 Å². The minimum absolute atomic E-state index is 0. The van der Waals surface area contributed by atoms with Gasteiger partial charge in [0.15, 0.2) is 0 Å². The van der Waals surface area contributed by atoms with Gasteiger partial charge in [0, 0.05) is 0 Å². The maximum atomic E-state index is 8.56. The second kappa shape index (κ2) is 15.7. The molecule has 0 aromatic carbocycles. The first-order valence-electron chi connectivity index (χ1n) is 1.02. The number of rotatable bonds is 0. The summed E-state index contributed by atoms with van der Waals surface area (Å²) in [6, 6.07) is 0. The van der Waals surface area contributed by atoms with Crippen molar-refractivity contribution in [3.63, 3.8) is 0 Å². The Bertz CT molecular complexity index is 85.0. The predicted octanol–water partition coefficient (Wildman–Crippen LogP) is -3.17. The zero-order valence-electron chi connectivity index (χ0n) is 5.07. The quantitative estimate of drug-likeness (QED) is 0.225. The van der Waals surface area contributed by atoms with Gasteiger partial charge < -0.3 is 20.1 Å². The van der Waals surface area contributed by atoms with Gasteiger partial charge in [-0.2, -0.15) is 0 Å². The van der Waals surface area contributed by atoms with E-state index in [1.807, 2.05) is 0 Å². The summed E-state index contributed by atoms with van der Waals surface area (Å²) in [4.78, 5) is 8.56. The Hall–Kier alpha value is 0.856. The Morgan fingerprint density at radius 2 is 1.38 bits per heavy atom. The van der Waals surface area contributed by atoms with E-state index in [1.165, 1.54) is 0 Å². The van der Waals surface area contributed by atoms with Gasteiger partial charge in [-0.1, -0.05) is 11.6 Å². The normalized spacial score (nSPS) is 5.00. The van der Waals surface area contributed by atoms with Crippen molar-refractivity contribution in [2.45, 2.75) is 0 Å². The van der Waals surface area contributed by atoms with E-state index in [0.29, 0.717) is 0 Å². The van der Waals surface area contributed by atoms with E-state index in [1.54, 1.807) is 0 Å². The topological polar surface area (TPSA) is 91.7 Å². The summed E-state index contributed by atoms with van der Waals surface area (Å²) in [5, 5.41) is 13.9. The Kier molecular flexibility index (Phi) is 31.2. The monoisotopic (exact) mass is 167 g/mol. The molecule has 5 nitrogen and oxygen atoms in total. The summed E-state index contributed by atoms with van der Waals surface area (Å²) in [5.41, 5.74) is 0. The van der Waals surface area contributed by atoms with Gasteiger partial charge in [0.2, 0.25) is 0 Å². The standard InChI is InChI=1S/CH2O3.K.HO2S.H/c2-1(3)4;;1-3-2;/h(H2,2,3,4);;3H;/q;+1;2*-1. The van der Waals surface area contributed by atoms with E-state index >= 15 is 0 Å². The minimum Gasteiger partial charge on any atom is -1.00 e. The van der Waals surface area contributed by atoms with Crippen molar-refractivity contribution in [2.24, 2.45) is 0 Å². The molecule has 8 heavy (non-hydrogen) atoms. The van der Waals surface area contributed by atoms with E-state index in [0.717, 1.165) is 0 Å². The summed E-state index contributed by atoms with van der Waals surface area (Å²) in [5.74, 6) is 0. The van der Waals surface area contributed by atoms with Crippen LogP contribution in [0.15, 0.2) is 0 Å². The Balaban J connectivity index is -0.0000000233. The molecule has 0 spiro atoms. The molecule has 0 atom stereocenters. The molecule has 0 rings (SSSR count). The van der Waals surface area contributed by atoms with Gasteiger partial charge in [-0.25, -0.2) is 4.79 Å². The zero-order valence-corrected chi connectivity index (χ0v) is 8.08. The third kappa shape index (κ3) is 321. The number of carboxylic acid groups (broad SMARTS) is 2. The second-order valence-electron chi connectivity index (χ2n) is 0.357. The molecule has 0 radical (unpaired) electrons. The van der Waals surface area contributed by atoms with Crippen molar-refractivity contribution in [1.82, 2.24) is 0 Å². The van der Waals surface area contributed by atoms with Gasteiger partial charge in [-0.3, -0.25) is 0 Å². The van der Waals surface area contributed by atoms with E-state index in [4.69, 9.17) is 23.4 Å². The summed E-state index contributed by atoms with van der Waals surface area (Å²) in [6.07, 6.45) is -1.83. The molecule has 0 unspecified atom stereocenters. The van der Waals surface area contributed by atoms with Gasteiger partial charge in [0.1, 0.15) is 0 Å². The molecule has 46 valence electrons. The van der Waals surface area contributed by atoms with Crippen LogP contribution in [0, 0.1) is 0 Å².